The van der Waals surface area contributed by atoms with Gasteiger partial charge in [0.2, 0.25) is 0 Å². The molecule has 2 aliphatic rings. The second kappa shape index (κ2) is 10.1. The molecular formula is C27H34N2O4. The maximum atomic E-state index is 11.7. The van der Waals surface area contributed by atoms with Gasteiger partial charge in [0, 0.05) is 24.1 Å². The minimum Gasteiger partial charge on any atom is -0.489 e. The number of benzene rings is 2. The summed E-state index contributed by atoms with van der Waals surface area (Å²) in [6.45, 7) is 0.510. The van der Waals surface area contributed by atoms with Gasteiger partial charge in [-0.1, -0.05) is 30.3 Å². The third kappa shape index (κ3) is 5.12. The Morgan fingerprint density at radius 2 is 1.91 bits per heavy atom. The highest BCUT2D eigenvalue weighted by Crippen LogP contribution is 2.44. The third-order valence-corrected chi connectivity index (χ3v) is 7.54. The Morgan fingerprint density at radius 3 is 2.52 bits per heavy atom. The van der Waals surface area contributed by atoms with E-state index >= 15 is 0 Å². The van der Waals surface area contributed by atoms with Crippen molar-refractivity contribution in [1.82, 2.24) is 10.2 Å². The molecule has 33 heavy (non-hydrogen) atoms. The first kappa shape index (κ1) is 23.5. The Hall–Kier alpha value is -2.70. The fraction of sp³-hybridized carbons (Fsp3) is 0.481. The molecule has 1 saturated heterocycles. The molecule has 1 saturated carbocycles. The molecule has 6 nitrogen and oxygen atoms in total. The maximum absolute atomic E-state index is 11.7. The van der Waals surface area contributed by atoms with Crippen LogP contribution in [-0.2, 0) is 16.8 Å². The SMILES string of the molecule is CN(C)C1(c2ccccc2)CCC(Cc2cc(O[C@@H]3CN[C@H](C(=O)O)C3)ccc2C=O)CC1. The van der Waals surface area contributed by atoms with Gasteiger partial charge in [0.25, 0.3) is 0 Å². The summed E-state index contributed by atoms with van der Waals surface area (Å²) in [7, 11) is 4.34. The normalized spacial score (nSPS) is 27.4. The largest absolute Gasteiger partial charge is 0.489 e. The standard InChI is InChI=1S/C27H34N2O4/c1-29(2)27(22-6-4-3-5-7-22)12-10-19(11-13-27)14-21-15-23(9-8-20(21)18-30)33-24-16-25(26(31)32)28-17-24/h3-9,15,18-19,24-25,28H,10-14,16-17H2,1-2H3,(H,31,32)/t19?,24-,25-,27?/m0/s1. The van der Waals surface area contributed by atoms with Crippen LogP contribution >= 0.6 is 0 Å². The molecule has 6 heteroatoms. The smallest absolute Gasteiger partial charge is 0.320 e. The van der Waals surface area contributed by atoms with Gasteiger partial charge in [0.15, 0.2) is 0 Å². The molecule has 2 aromatic carbocycles. The van der Waals surface area contributed by atoms with Gasteiger partial charge in [-0.3, -0.25) is 14.5 Å². The van der Waals surface area contributed by atoms with Crippen molar-refractivity contribution in [2.24, 2.45) is 5.92 Å². The van der Waals surface area contributed by atoms with Crippen LogP contribution in [0, 0.1) is 5.92 Å². The fourth-order valence-corrected chi connectivity index (χ4v) is 5.53. The van der Waals surface area contributed by atoms with Crippen molar-refractivity contribution >= 4 is 12.3 Å². The monoisotopic (exact) mass is 450 g/mol. The number of ether oxygens (including phenoxy) is 1. The molecule has 0 radical (unpaired) electrons. The van der Waals surface area contributed by atoms with Crippen molar-refractivity contribution in [2.75, 3.05) is 20.6 Å². The van der Waals surface area contributed by atoms with Crippen molar-refractivity contribution in [3.8, 4) is 5.75 Å². The third-order valence-electron chi connectivity index (χ3n) is 7.54. The van der Waals surface area contributed by atoms with Crippen molar-refractivity contribution < 1.29 is 19.4 Å². The average molecular weight is 451 g/mol. The molecule has 4 rings (SSSR count). The Labute approximate surface area is 195 Å². The van der Waals surface area contributed by atoms with Crippen LogP contribution < -0.4 is 10.1 Å². The summed E-state index contributed by atoms with van der Waals surface area (Å²) in [5.74, 6) is 0.371. The second-order valence-electron chi connectivity index (χ2n) is 9.69. The van der Waals surface area contributed by atoms with Gasteiger partial charge in [-0.2, -0.15) is 0 Å². The van der Waals surface area contributed by atoms with Gasteiger partial charge in [0.05, 0.1) is 0 Å². The summed E-state index contributed by atoms with van der Waals surface area (Å²) in [5.41, 5.74) is 3.17. The minimum absolute atomic E-state index is 0.0619. The molecule has 2 atom stereocenters. The zero-order valence-electron chi connectivity index (χ0n) is 19.5. The molecule has 1 aliphatic carbocycles. The van der Waals surface area contributed by atoms with E-state index in [1.54, 1.807) is 0 Å². The first-order valence-electron chi connectivity index (χ1n) is 11.8. The number of aliphatic carboxylic acids is 1. The quantitative estimate of drug-likeness (QED) is 0.594. The highest BCUT2D eigenvalue weighted by atomic mass is 16.5. The number of carboxylic acids is 1. The van der Waals surface area contributed by atoms with Gasteiger partial charge in [0.1, 0.15) is 24.2 Å². The second-order valence-corrected chi connectivity index (χ2v) is 9.69. The van der Waals surface area contributed by atoms with E-state index in [9.17, 15) is 14.7 Å². The summed E-state index contributed by atoms with van der Waals surface area (Å²) >= 11 is 0. The highest BCUT2D eigenvalue weighted by molar-refractivity contribution is 5.77. The lowest BCUT2D eigenvalue weighted by Crippen LogP contribution is -2.44. The van der Waals surface area contributed by atoms with Gasteiger partial charge < -0.3 is 15.2 Å². The lowest BCUT2D eigenvalue weighted by atomic mass is 9.70. The van der Waals surface area contributed by atoms with E-state index in [2.05, 4.69) is 54.6 Å². The van der Waals surface area contributed by atoms with E-state index in [0.717, 1.165) is 44.0 Å². The van der Waals surface area contributed by atoms with E-state index in [1.165, 1.54) is 5.56 Å². The van der Waals surface area contributed by atoms with Crippen LogP contribution in [0.4, 0.5) is 0 Å². The predicted molar refractivity (Wildman–Crippen MR) is 128 cm³/mol. The van der Waals surface area contributed by atoms with Crippen LogP contribution in [0.1, 0.15) is 53.6 Å². The Kier molecular flexibility index (Phi) is 7.15. The van der Waals surface area contributed by atoms with E-state index in [0.29, 0.717) is 30.2 Å². The molecular weight excluding hydrogens is 416 g/mol. The molecule has 1 heterocycles. The first-order valence-corrected chi connectivity index (χ1v) is 11.8. The molecule has 176 valence electrons. The van der Waals surface area contributed by atoms with Crippen LogP contribution in [0.25, 0.3) is 0 Å². The molecule has 0 amide bonds. The Bertz CT molecular complexity index is 967. The Balaban J connectivity index is 1.43. The van der Waals surface area contributed by atoms with Crippen molar-refractivity contribution in [2.45, 2.75) is 56.2 Å². The maximum Gasteiger partial charge on any atom is 0.320 e. The molecule has 1 aliphatic heterocycles. The number of rotatable bonds is 8. The van der Waals surface area contributed by atoms with Crippen molar-refractivity contribution in [1.29, 1.82) is 0 Å². The topological polar surface area (TPSA) is 78.9 Å². The Morgan fingerprint density at radius 1 is 1.18 bits per heavy atom. The van der Waals surface area contributed by atoms with Gasteiger partial charge in [-0.25, -0.2) is 0 Å². The molecule has 2 N–H and O–H groups in total. The number of aldehydes is 1. The van der Waals surface area contributed by atoms with Gasteiger partial charge in [-0.15, -0.1) is 0 Å². The van der Waals surface area contributed by atoms with Crippen molar-refractivity contribution in [3.63, 3.8) is 0 Å². The van der Waals surface area contributed by atoms with Crippen LogP contribution in [0.5, 0.6) is 5.75 Å². The molecule has 2 fully saturated rings. The first-order chi connectivity index (χ1) is 15.9. The zero-order chi connectivity index (χ0) is 23.4. The predicted octanol–water partition coefficient (Wildman–Crippen LogP) is 3.88. The molecule has 2 aromatic rings. The van der Waals surface area contributed by atoms with E-state index in [1.807, 2.05) is 18.2 Å². The highest BCUT2D eigenvalue weighted by Gasteiger charge is 2.38. The molecule has 0 spiro atoms. The van der Waals surface area contributed by atoms with E-state index in [4.69, 9.17) is 4.74 Å². The van der Waals surface area contributed by atoms with Gasteiger partial charge >= 0.3 is 5.97 Å². The number of carbonyl (C=O) groups is 2. The van der Waals surface area contributed by atoms with E-state index < -0.39 is 12.0 Å². The number of hydrogen-bond donors (Lipinski definition) is 2. The van der Waals surface area contributed by atoms with Crippen LogP contribution in [0.3, 0.4) is 0 Å². The average Bonchev–Trinajstić information content (AvgIpc) is 3.29. The number of nitrogens with one attached hydrogen (secondary N) is 1. The van der Waals surface area contributed by atoms with Crippen molar-refractivity contribution in [3.05, 3.63) is 65.2 Å². The molecule has 0 aromatic heterocycles. The number of hydrogen-bond acceptors (Lipinski definition) is 5. The number of nitrogens with zero attached hydrogens (tertiary/aromatic N) is 1. The van der Waals surface area contributed by atoms with E-state index in [-0.39, 0.29) is 11.6 Å². The summed E-state index contributed by atoms with van der Waals surface area (Å²) in [6, 6.07) is 15.8. The zero-order valence-corrected chi connectivity index (χ0v) is 19.5. The lowest BCUT2D eigenvalue weighted by molar-refractivity contribution is -0.139. The van der Waals surface area contributed by atoms with Crippen LogP contribution in [0.2, 0.25) is 0 Å². The molecule has 0 unspecified atom stereocenters. The van der Waals surface area contributed by atoms with Crippen LogP contribution in [-0.4, -0.2) is 55.0 Å². The molecule has 0 bridgehead atoms. The minimum atomic E-state index is -0.848. The lowest BCUT2D eigenvalue weighted by Gasteiger charge is -2.45. The van der Waals surface area contributed by atoms with Gasteiger partial charge in [-0.05, 0) is 81.4 Å². The fourth-order valence-electron chi connectivity index (χ4n) is 5.53. The number of carboxylic acid groups (broad SMARTS) is 1. The number of carbonyl (C=O) groups excluding carboxylic acids is 1. The summed E-state index contributed by atoms with van der Waals surface area (Å²) in [5, 5.41) is 12.2. The summed E-state index contributed by atoms with van der Waals surface area (Å²) in [6.07, 6.45) is 6.42. The summed E-state index contributed by atoms with van der Waals surface area (Å²) < 4.78 is 6.06. The summed E-state index contributed by atoms with van der Waals surface area (Å²) in [4.78, 5) is 25.2. The van der Waals surface area contributed by atoms with Crippen LogP contribution in [0.15, 0.2) is 48.5 Å².